The van der Waals surface area contributed by atoms with E-state index in [-0.39, 0.29) is 9.63 Å². The summed E-state index contributed by atoms with van der Waals surface area (Å²) in [7, 11) is 0. The van der Waals surface area contributed by atoms with Crippen LogP contribution in [0.25, 0.3) is 0 Å². The molecule has 0 amide bonds. The highest BCUT2D eigenvalue weighted by Gasteiger charge is 2.24. The van der Waals surface area contributed by atoms with Crippen molar-refractivity contribution in [2.45, 2.75) is 6.43 Å². The summed E-state index contributed by atoms with van der Waals surface area (Å²) in [6.45, 7) is 0. The summed E-state index contributed by atoms with van der Waals surface area (Å²) >= 11 is 8.11. The maximum atomic E-state index is 12.3. The van der Waals surface area contributed by atoms with Gasteiger partial charge in [0.2, 0.25) is 4.60 Å². The van der Waals surface area contributed by atoms with Crippen molar-refractivity contribution in [2.75, 3.05) is 0 Å². The fraction of sp³-hybridized carbons (Fsp3) is 0.167. The minimum Gasteiger partial charge on any atom is -0.358 e. The SMILES string of the molecule is O=[N+]([O-])c1cc(Cl)c(C(F)F)c(Br)n1. The number of alkyl halides is 2. The molecule has 0 atom stereocenters. The van der Waals surface area contributed by atoms with Crippen LogP contribution >= 0.6 is 27.5 Å². The van der Waals surface area contributed by atoms with Crippen LogP contribution in [0.5, 0.6) is 0 Å². The number of nitrogens with zero attached hydrogens (tertiary/aromatic N) is 2. The molecule has 1 rings (SSSR count). The molecule has 0 aliphatic carbocycles. The lowest BCUT2D eigenvalue weighted by Crippen LogP contribution is -1.97. The zero-order chi connectivity index (χ0) is 10.9. The average molecular weight is 287 g/mol. The smallest absolute Gasteiger partial charge is 0.358 e. The highest BCUT2D eigenvalue weighted by atomic mass is 79.9. The molecule has 0 aliphatic rings. The molecule has 76 valence electrons. The van der Waals surface area contributed by atoms with Gasteiger partial charge in [-0.05, 0) is 9.91 Å². The van der Waals surface area contributed by atoms with Gasteiger partial charge < -0.3 is 10.1 Å². The molecular weight excluding hydrogens is 285 g/mol. The highest BCUT2D eigenvalue weighted by Crippen LogP contribution is 2.34. The van der Waals surface area contributed by atoms with Crippen molar-refractivity contribution >= 4 is 33.3 Å². The van der Waals surface area contributed by atoms with Gasteiger partial charge in [-0.2, -0.15) is 0 Å². The molecule has 0 bridgehead atoms. The molecule has 0 aromatic carbocycles. The molecule has 4 nitrogen and oxygen atoms in total. The molecule has 0 spiro atoms. The van der Waals surface area contributed by atoms with Gasteiger partial charge in [-0.3, -0.25) is 0 Å². The van der Waals surface area contributed by atoms with Crippen LogP contribution < -0.4 is 0 Å². The fourth-order valence-corrected chi connectivity index (χ4v) is 1.72. The Morgan fingerprint density at radius 2 is 2.21 bits per heavy atom. The second-order valence-electron chi connectivity index (χ2n) is 2.22. The summed E-state index contributed by atoms with van der Waals surface area (Å²) in [5.41, 5.74) is -0.544. The monoisotopic (exact) mass is 286 g/mol. The number of halogens is 4. The van der Waals surface area contributed by atoms with E-state index in [1.54, 1.807) is 0 Å². The minimum absolute atomic E-state index is 0.313. The van der Waals surface area contributed by atoms with E-state index in [0.29, 0.717) is 0 Å². The van der Waals surface area contributed by atoms with Gasteiger partial charge in [0.25, 0.3) is 6.43 Å². The Kier molecular flexibility index (Phi) is 3.33. The molecule has 14 heavy (non-hydrogen) atoms. The van der Waals surface area contributed by atoms with E-state index < -0.39 is 22.7 Å². The van der Waals surface area contributed by atoms with Crippen LogP contribution in [0.2, 0.25) is 5.02 Å². The fourth-order valence-electron chi connectivity index (χ4n) is 0.771. The largest absolute Gasteiger partial charge is 0.366 e. The molecule has 1 aromatic rings. The van der Waals surface area contributed by atoms with Crippen molar-refractivity contribution in [3.8, 4) is 0 Å². The van der Waals surface area contributed by atoms with Gasteiger partial charge in [-0.15, -0.1) is 0 Å². The van der Waals surface area contributed by atoms with E-state index in [4.69, 9.17) is 11.6 Å². The van der Waals surface area contributed by atoms with Crippen LogP contribution in [-0.2, 0) is 0 Å². The number of rotatable bonds is 2. The number of hydrogen-bond donors (Lipinski definition) is 0. The Morgan fingerprint density at radius 1 is 1.64 bits per heavy atom. The van der Waals surface area contributed by atoms with Gasteiger partial charge in [0, 0.05) is 15.9 Å². The van der Waals surface area contributed by atoms with Crippen molar-refractivity contribution < 1.29 is 13.7 Å². The van der Waals surface area contributed by atoms with Crippen LogP contribution in [0.3, 0.4) is 0 Å². The van der Waals surface area contributed by atoms with Crippen LogP contribution in [0.1, 0.15) is 12.0 Å². The highest BCUT2D eigenvalue weighted by molar-refractivity contribution is 9.10. The molecule has 1 heterocycles. The third-order valence-electron chi connectivity index (χ3n) is 1.35. The Balaban J connectivity index is 3.32. The Morgan fingerprint density at radius 3 is 2.57 bits per heavy atom. The second kappa shape index (κ2) is 4.14. The zero-order valence-electron chi connectivity index (χ0n) is 6.38. The van der Waals surface area contributed by atoms with Gasteiger partial charge in [-0.25, -0.2) is 8.78 Å². The number of pyridine rings is 1. The first kappa shape index (κ1) is 11.3. The quantitative estimate of drug-likeness (QED) is 0.476. The van der Waals surface area contributed by atoms with E-state index in [2.05, 4.69) is 20.9 Å². The van der Waals surface area contributed by atoms with E-state index >= 15 is 0 Å². The van der Waals surface area contributed by atoms with Crippen LogP contribution in [-0.4, -0.2) is 9.91 Å². The summed E-state index contributed by atoms with van der Waals surface area (Å²) < 4.78 is 24.3. The first-order valence-electron chi connectivity index (χ1n) is 3.22. The Bertz CT molecular complexity index is 365. The predicted molar refractivity (Wildman–Crippen MR) is 48.6 cm³/mol. The summed E-state index contributed by atoms with van der Waals surface area (Å²) in [4.78, 5) is 12.8. The van der Waals surface area contributed by atoms with E-state index in [1.807, 2.05) is 0 Å². The van der Waals surface area contributed by atoms with Gasteiger partial charge in [0.1, 0.15) is 0 Å². The lowest BCUT2D eigenvalue weighted by atomic mass is 10.3. The third-order valence-corrected chi connectivity index (χ3v) is 2.27. The maximum absolute atomic E-state index is 12.3. The Labute approximate surface area is 90.2 Å². The lowest BCUT2D eigenvalue weighted by molar-refractivity contribution is -0.389. The number of nitro groups is 1. The molecule has 8 heteroatoms. The van der Waals surface area contributed by atoms with Crippen LogP contribution in [0.15, 0.2) is 10.7 Å². The molecule has 0 fully saturated rings. The number of hydrogen-bond acceptors (Lipinski definition) is 3. The van der Waals surface area contributed by atoms with E-state index in [1.165, 1.54) is 0 Å². The Hall–Kier alpha value is -0.820. The first-order valence-corrected chi connectivity index (χ1v) is 4.39. The topological polar surface area (TPSA) is 56.0 Å². The lowest BCUT2D eigenvalue weighted by Gasteiger charge is -2.01. The molecule has 0 N–H and O–H groups in total. The standard InChI is InChI=1S/C6H2BrClF2N2O2/c7-5-4(6(9)10)2(8)1-3(11-5)12(13)14/h1,6H. The summed E-state index contributed by atoms with van der Waals surface area (Å²) in [5.74, 6) is -0.578. The van der Waals surface area contributed by atoms with Crippen molar-refractivity contribution in [1.29, 1.82) is 0 Å². The predicted octanol–water partition coefficient (Wildman–Crippen LogP) is 3.34. The van der Waals surface area contributed by atoms with E-state index in [0.717, 1.165) is 6.07 Å². The molecule has 0 radical (unpaired) electrons. The molecule has 0 aliphatic heterocycles. The molecule has 0 saturated carbocycles. The van der Waals surface area contributed by atoms with Gasteiger partial charge in [-0.1, -0.05) is 11.6 Å². The minimum atomic E-state index is -2.83. The summed E-state index contributed by atoms with van der Waals surface area (Å²) in [5, 5.41) is 9.88. The third kappa shape index (κ3) is 2.16. The van der Waals surface area contributed by atoms with Gasteiger partial charge in [0.05, 0.1) is 16.7 Å². The summed E-state index contributed by atoms with van der Waals surface area (Å²) in [6, 6.07) is 0.786. The van der Waals surface area contributed by atoms with Gasteiger partial charge >= 0.3 is 5.82 Å². The second-order valence-corrected chi connectivity index (χ2v) is 3.38. The van der Waals surface area contributed by atoms with Gasteiger partial charge in [0.15, 0.2) is 0 Å². The van der Waals surface area contributed by atoms with E-state index in [9.17, 15) is 18.9 Å². The van der Waals surface area contributed by atoms with Crippen molar-refractivity contribution in [3.63, 3.8) is 0 Å². The van der Waals surface area contributed by atoms with Crippen LogP contribution in [0, 0.1) is 10.1 Å². The normalized spacial score (nSPS) is 10.6. The first-order chi connectivity index (χ1) is 6.43. The maximum Gasteiger partial charge on any atom is 0.366 e. The van der Waals surface area contributed by atoms with Crippen molar-refractivity contribution in [1.82, 2.24) is 4.98 Å². The van der Waals surface area contributed by atoms with Crippen molar-refractivity contribution in [2.24, 2.45) is 0 Å². The zero-order valence-corrected chi connectivity index (χ0v) is 8.72. The number of aromatic nitrogens is 1. The molecule has 1 aromatic heterocycles. The van der Waals surface area contributed by atoms with Crippen LogP contribution in [0.4, 0.5) is 14.6 Å². The molecule has 0 unspecified atom stereocenters. The average Bonchev–Trinajstić information content (AvgIpc) is 2.01. The van der Waals surface area contributed by atoms with Crippen molar-refractivity contribution in [3.05, 3.63) is 31.4 Å². The molecular formula is C6H2BrClF2N2O2. The summed E-state index contributed by atoms with van der Waals surface area (Å²) in [6.07, 6.45) is -2.83. The molecule has 0 saturated heterocycles.